The van der Waals surface area contributed by atoms with Gasteiger partial charge in [-0.05, 0) is 6.42 Å². The molecule has 0 spiro atoms. The summed E-state index contributed by atoms with van der Waals surface area (Å²) in [6.07, 6.45) is 14.4. The molecule has 0 aromatic heterocycles. The molecular formula is C17H36NNaO4S. The molecule has 0 unspecified atom stereocenters. The molecule has 0 bridgehead atoms. The number of hydrogen-bond donors (Lipinski definition) is 2. The molecule has 140 valence electrons. The van der Waals surface area contributed by atoms with Crippen LogP contribution >= 0.6 is 0 Å². The van der Waals surface area contributed by atoms with Crippen molar-refractivity contribution in [3.8, 4) is 0 Å². The van der Waals surface area contributed by atoms with E-state index in [1.807, 2.05) is 0 Å². The molecule has 0 aromatic rings. The summed E-state index contributed by atoms with van der Waals surface area (Å²) in [5, 5.41) is 2.74. The summed E-state index contributed by atoms with van der Waals surface area (Å²) in [5.74, 6) is -0.241. The predicted octanol–water partition coefficient (Wildman–Crippen LogP) is 0.851. The smallest absolute Gasteiger partial charge is 1.00 e. The summed E-state index contributed by atoms with van der Waals surface area (Å²) in [4.78, 5) is 11.6. The summed E-state index contributed by atoms with van der Waals surface area (Å²) in [5.41, 5.74) is 0. The molecule has 24 heavy (non-hydrogen) atoms. The number of Topliss-reactive ketones (excluding diaryl/α,β-unsaturated/α-hetero) is 1. The van der Waals surface area contributed by atoms with Crippen molar-refractivity contribution in [2.45, 2.75) is 84.0 Å². The van der Waals surface area contributed by atoms with Crippen LogP contribution in [0.1, 0.15) is 85.4 Å². The van der Waals surface area contributed by atoms with E-state index in [4.69, 9.17) is 4.55 Å². The number of hydrogen-bond acceptors (Lipinski definition) is 4. The topological polar surface area (TPSA) is 83.5 Å². The van der Waals surface area contributed by atoms with Gasteiger partial charge in [-0.15, -0.1) is 0 Å². The standard InChI is InChI=1S/C17H35NO4S.Na.H/c1-2-3-4-5-6-7-8-9-10-11-12-13-17(19)16-18-14-15-23(20,21)22;;/h18H,2-16H2,1H3,(H,20,21,22);;/q;+1;-1. The Hall–Kier alpha value is 0.540. The van der Waals surface area contributed by atoms with Gasteiger partial charge in [-0.25, -0.2) is 0 Å². The van der Waals surface area contributed by atoms with Crippen molar-refractivity contribution in [1.82, 2.24) is 5.32 Å². The van der Waals surface area contributed by atoms with Gasteiger partial charge in [0, 0.05) is 13.0 Å². The Bertz CT molecular complexity index is 394. The van der Waals surface area contributed by atoms with E-state index >= 15 is 0 Å². The third kappa shape index (κ3) is 22.5. The Kier molecular flexibility index (Phi) is 20.4. The second-order valence-electron chi connectivity index (χ2n) is 6.29. The monoisotopic (exact) mass is 373 g/mol. The molecule has 0 saturated carbocycles. The third-order valence-corrected chi connectivity index (χ3v) is 4.64. The van der Waals surface area contributed by atoms with Crippen molar-refractivity contribution >= 4 is 15.9 Å². The minimum Gasteiger partial charge on any atom is -1.00 e. The first-order chi connectivity index (χ1) is 11.0. The van der Waals surface area contributed by atoms with Gasteiger partial charge in [-0.1, -0.05) is 71.1 Å². The fourth-order valence-corrected chi connectivity index (χ4v) is 2.91. The van der Waals surface area contributed by atoms with E-state index in [2.05, 4.69) is 12.2 Å². The summed E-state index contributed by atoms with van der Waals surface area (Å²) in [6, 6.07) is 0. The van der Waals surface area contributed by atoms with Crippen LogP contribution < -0.4 is 34.9 Å². The van der Waals surface area contributed by atoms with E-state index in [0.29, 0.717) is 6.42 Å². The van der Waals surface area contributed by atoms with Crippen LogP contribution in [0.3, 0.4) is 0 Å². The summed E-state index contributed by atoms with van der Waals surface area (Å²) in [7, 11) is -3.93. The van der Waals surface area contributed by atoms with Crippen LogP contribution in [0.4, 0.5) is 0 Å². The zero-order valence-corrected chi connectivity index (χ0v) is 18.5. The van der Waals surface area contributed by atoms with Crippen LogP contribution in [0.5, 0.6) is 0 Å². The first-order valence-corrected chi connectivity index (χ1v) is 10.7. The Morgan fingerprint density at radius 2 is 1.38 bits per heavy atom. The maximum Gasteiger partial charge on any atom is 1.00 e. The minimum absolute atomic E-state index is 0. The van der Waals surface area contributed by atoms with E-state index in [1.54, 1.807) is 0 Å². The van der Waals surface area contributed by atoms with E-state index in [-0.39, 0.29) is 55.6 Å². The van der Waals surface area contributed by atoms with Crippen molar-refractivity contribution in [2.75, 3.05) is 18.8 Å². The Morgan fingerprint density at radius 1 is 0.917 bits per heavy atom. The van der Waals surface area contributed by atoms with Crippen LogP contribution in [0.25, 0.3) is 0 Å². The van der Waals surface area contributed by atoms with Gasteiger partial charge in [0.1, 0.15) is 5.78 Å². The summed E-state index contributed by atoms with van der Waals surface area (Å²) >= 11 is 0. The third-order valence-electron chi connectivity index (χ3n) is 3.92. The van der Waals surface area contributed by atoms with Gasteiger partial charge >= 0.3 is 29.6 Å². The Balaban J connectivity index is -0.00000242. The normalized spacial score (nSPS) is 11.2. The number of unbranched alkanes of at least 4 members (excludes halogenated alkanes) is 10. The number of carbonyl (C=O) groups excluding carboxylic acids is 1. The molecule has 2 N–H and O–H groups in total. The SMILES string of the molecule is CCCCCCCCCCCCCC(=O)CNCCS(=O)(=O)O.[H-].[Na+]. The van der Waals surface area contributed by atoms with Gasteiger partial charge in [-0.2, -0.15) is 8.42 Å². The molecule has 0 fully saturated rings. The van der Waals surface area contributed by atoms with Crippen LogP contribution in [0.15, 0.2) is 0 Å². The molecule has 5 nitrogen and oxygen atoms in total. The zero-order valence-electron chi connectivity index (χ0n) is 16.7. The fourth-order valence-electron chi connectivity index (χ4n) is 2.50. The quantitative estimate of drug-likeness (QED) is 0.224. The fraction of sp³-hybridized carbons (Fsp3) is 0.941. The molecule has 0 aliphatic carbocycles. The maximum atomic E-state index is 11.6. The Morgan fingerprint density at radius 3 is 1.83 bits per heavy atom. The maximum absolute atomic E-state index is 11.6. The number of rotatable bonds is 17. The van der Waals surface area contributed by atoms with Crippen molar-refractivity contribution < 1.29 is 48.7 Å². The van der Waals surface area contributed by atoms with Gasteiger partial charge in [0.15, 0.2) is 0 Å². The molecule has 0 aliphatic heterocycles. The largest absolute Gasteiger partial charge is 1.00 e. The Labute approximate surface area is 172 Å². The number of nitrogens with one attached hydrogen (secondary N) is 1. The minimum atomic E-state index is -3.93. The van der Waals surface area contributed by atoms with E-state index < -0.39 is 10.1 Å². The van der Waals surface area contributed by atoms with Crippen molar-refractivity contribution in [2.24, 2.45) is 0 Å². The van der Waals surface area contributed by atoms with Crippen molar-refractivity contribution in [3.63, 3.8) is 0 Å². The molecule has 0 heterocycles. The van der Waals surface area contributed by atoms with Gasteiger partial charge in [0.05, 0.1) is 12.3 Å². The van der Waals surface area contributed by atoms with Crippen LogP contribution in [-0.2, 0) is 14.9 Å². The number of carbonyl (C=O) groups is 1. The average molecular weight is 374 g/mol. The predicted molar refractivity (Wildman–Crippen MR) is 96.5 cm³/mol. The second-order valence-corrected chi connectivity index (χ2v) is 7.86. The zero-order chi connectivity index (χ0) is 17.4. The van der Waals surface area contributed by atoms with Crippen LogP contribution in [0.2, 0.25) is 0 Å². The van der Waals surface area contributed by atoms with Crippen molar-refractivity contribution in [3.05, 3.63) is 0 Å². The summed E-state index contributed by atoms with van der Waals surface area (Å²) in [6.45, 7) is 2.54. The average Bonchev–Trinajstić information content (AvgIpc) is 2.48. The van der Waals surface area contributed by atoms with Gasteiger partial charge in [0.25, 0.3) is 10.1 Å². The summed E-state index contributed by atoms with van der Waals surface area (Å²) < 4.78 is 29.5. The molecule has 0 amide bonds. The molecule has 0 aliphatic rings. The molecule has 0 atom stereocenters. The van der Waals surface area contributed by atoms with Gasteiger partial charge < -0.3 is 6.74 Å². The van der Waals surface area contributed by atoms with E-state index in [9.17, 15) is 13.2 Å². The molecule has 0 radical (unpaired) electrons. The molecule has 0 saturated heterocycles. The molecular weight excluding hydrogens is 337 g/mol. The van der Waals surface area contributed by atoms with Gasteiger partial charge in [0.2, 0.25) is 0 Å². The molecule has 0 aromatic carbocycles. The van der Waals surface area contributed by atoms with Crippen molar-refractivity contribution in [1.29, 1.82) is 0 Å². The number of ketones is 1. The van der Waals surface area contributed by atoms with Gasteiger partial charge in [-0.3, -0.25) is 9.35 Å². The van der Waals surface area contributed by atoms with E-state index in [0.717, 1.165) is 12.8 Å². The van der Waals surface area contributed by atoms with Crippen LogP contribution in [0, 0.1) is 0 Å². The molecule has 0 rings (SSSR count). The second kappa shape index (κ2) is 18.3. The first-order valence-electron chi connectivity index (χ1n) is 9.13. The van der Waals surface area contributed by atoms with Crippen LogP contribution in [-0.4, -0.2) is 37.6 Å². The first kappa shape index (κ1) is 26.8. The van der Waals surface area contributed by atoms with E-state index in [1.165, 1.54) is 57.8 Å². The molecule has 7 heteroatoms.